The zero-order valence-corrected chi connectivity index (χ0v) is 16.3. The number of carbonyl (C=O) groups is 1. The van der Waals surface area contributed by atoms with Gasteiger partial charge in [-0.15, -0.1) is 0 Å². The lowest BCUT2D eigenvalue weighted by atomic mass is 10.1. The van der Waals surface area contributed by atoms with Gasteiger partial charge in [-0.2, -0.15) is 0 Å². The summed E-state index contributed by atoms with van der Waals surface area (Å²) in [4.78, 5) is 12.2. The second kappa shape index (κ2) is 8.01. The molecule has 0 saturated heterocycles. The Labute approximate surface area is 154 Å². The van der Waals surface area contributed by atoms with Crippen LogP contribution in [0.4, 0.5) is 5.69 Å². The Morgan fingerprint density at radius 3 is 2.68 bits per heavy atom. The minimum atomic E-state index is -3.29. The summed E-state index contributed by atoms with van der Waals surface area (Å²) in [5.74, 6) is 0.247. The third kappa shape index (κ3) is 5.30. The summed E-state index contributed by atoms with van der Waals surface area (Å²) in [6.45, 7) is 5.39. The lowest BCUT2D eigenvalue weighted by molar-refractivity contribution is 0.0943. The summed E-state index contributed by atoms with van der Waals surface area (Å²) in [5.41, 5.74) is 7.15. The van der Waals surface area contributed by atoms with Crippen LogP contribution in [0.15, 0.2) is 18.2 Å². The molecular formula is C16H24N4O3S2. The summed E-state index contributed by atoms with van der Waals surface area (Å²) in [6.07, 6.45) is 2.75. The van der Waals surface area contributed by atoms with Gasteiger partial charge in [0.05, 0.1) is 11.9 Å². The number of carbonyl (C=O) groups excluding carboxylic acids is 1. The van der Waals surface area contributed by atoms with E-state index in [-0.39, 0.29) is 5.91 Å². The molecule has 2 rings (SSSR count). The zero-order chi connectivity index (χ0) is 18.6. The number of hydrazine groups is 1. The maximum Gasteiger partial charge on any atom is 0.269 e. The first-order valence-electron chi connectivity index (χ1n) is 8.13. The Bertz CT molecular complexity index is 763. The molecule has 0 aromatic heterocycles. The van der Waals surface area contributed by atoms with E-state index in [1.165, 1.54) is 10.6 Å². The van der Waals surface area contributed by atoms with Gasteiger partial charge in [0, 0.05) is 18.7 Å². The van der Waals surface area contributed by atoms with E-state index in [9.17, 15) is 13.2 Å². The highest BCUT2D eigenvalue weighted by atomic mass is 32.2. The van der Waals surface area contributed by atoms with Gasteiger partial charge in [0.25, 0.3) is 5.91 Å². The van der Waals surface area contributed by atoms with E-state index < -0.39 is 10.0 Å². The second-order valence-corrected chi connectivity index (χ2v) is 8.76. The van der Waals surface area contributed by atoms with Crippen molar-refractivity contribution < 1.29 is 13.2 Å². The third-order valence-corrected chi connectivity index (χ3v) is 5.32. The van der Waals surface area contributed by atoms with Crippen molar-refractivity contribution in [3.05, 3.63) is 29.3 Å². The molecule has 1 aliphatic heterocycles. The molecule has 1 aliphatic rings. The van der Waals surface area contributed by atoms with Crippen LogP contribution in [0.1, 0.15) is 36.2 Å². The zero-order valence-electron chi connectivity index (χ0n) is 14.6. The first kappa shape index (κ1) is 19.5. The maximum atomic E-state index is 12.2. The van der Waals surface area contributed by atoms with Crippen molar-refractivity contribution in [1.82, 2.24) is 16.2 Å². The Morgan fingerprint density at radius 2 is 2.04 bits per heavy atom. The van der Waals surface area contributed by atoms with Gasteiger partial charge < -0.3 is 5.32 Å². The Kier molecular flexibility index (Phi) is 6.23. The van der Waals surface area contributed by atoms with Gasteiger partial charge in [0.2, 0.25) is 10.0 Å². The van der Waals surface area contributed by atoms with Gasteiger partial charge in [-0.1, -0.05) is 13.8 Å². The molecule has 0 saturated carbocycles. The van der Waals surface area contributed by atoms with Crippen LogP contribution in [0.2, 0.25) is 0 Å². The fraction of sp³-hybridized carbons (Fsp3) is 0.500. The predicted octanol–water partition coefficient (Wildman–Crippen LogP) is 1.16. The molecule has 1 heterocycles. The van der Waals surface area contributed by atoms with Crippen LogP contribution in [-0.2, 0) is 16.4 Å². The molecule has 0 fully saturated rings. The fourth-order valence-electron chi connectivity index (χ4n) is 2.56. The van der Waals surface area contributed by atoms with Crippen LogP contribution < -0.4 is 20.5 Å². The van der Waals surface area contributed by atoms with Crippen molar-refractivity contribution in [2.75, 3.05) is 23.7 Å². The highest BCUT2D eigenvalue weighted by molar-refractivity contribution is 7.92. The van der Waals surface area contributed by atoms with E-state index in [0.717, 1.165) is 18.5 Å². The van der Waals surface area contributed by atoms with Crippen molar-refractivity contribution in [3.8, 4) is 0 Å². The normalized spacial score (nSPS) is 13.5. The Hall–Kier alpha value is -1.87. The first-order chi connectivity index (χ1) is 11.7. The van der Waals surface area contributed by atoms with Gasteiger partial charge in [-0.05, 0) is 54.7 Å². The van der Waals surface area contributed by atoms with Crippen molar-refractivity contribution in [2.24, 2.45) is 5.92 Å². The summed E-state index contributed by atoms with van der Waals surface area (Å²) >= 11 is 5.10. The molecule has 0 aliphatic carbocycles. The molecule has 1 amide bonds. The SMILES string of the molecule is CC(C)CCNC(=S)NNC(=O)c1ccc2c(c1)CCN2S(C)(=O)=O. The lowest BCUT2D eigenvalue weighted by Crippen LogP contribution is -2.47. The largest absolute Gasteiger partial charge is 0.361 e. The monoisotopic (exact) mass is 384 g/mol. The Balaban J connectivity index is 1.92. The number of anilines is 1. The molecule has 1 aromatic rings. The van der Waals surface area contributed by atoms with E-state index in [1.54, 1.807) is 18.2 Å². The van der Waals surface area contributed by atoms with Gasteiger partial charge >= 0.3 is 0 Å². The van der Waals surface area contributed by atoms with E-state index in [0.29, 0.717) is 35.2 Å². The molecule has 1 aromatic carbocycles. The average molecular weight is 385 g/mol. The number of hydrogen-bond donors (Lipinski definition) is 3. The molecule has 7 nitrogen and oxygen atoms in total. The number of benzene rings is 1. The smallest absolute Gasteiger partial charge is 0.269 e. The highest BCUT2D eigenvalue weighted by Crippen LogP contribution is 2.30. The molecule has 0 radical (unpaired) electrons. The number of hydrogen-bond acceptors (Lipinski definition) is 4. The van der Waals surface area contributed by atoms with Crippen molar-refractivity contribution >= 4 is 38.9 Å². The third-order valence-electron chi connectivity index (χ3n) is 3.89. The quantitative estimate of drug-likeness (QED) is 0.521. The number of sulfonamides is 1. The van der Waals surface area contributed by atoms with Crippen LogP contribution in [0.25, 0.3) is 0 Å². The topological polar surface area (TPSA) is 90.5 Å². The standard InChI is InChI=1S/C16H24N4O3S2/c1-11(2)6-8-17-16(24)19-18-15(21)13-4-5-14-12(10-13)7-9-20(14)25(3,22)23/h4-5,10-11H,6-9H2,1-3H3,(H,18,21)(H2,17,19,24). The van der Waals surface area contributed by atoms with Crippen LogP contribution in [0.5, 0.6) is 0 Å². The number of rotatable bonds is 5. The van der Waals surface area contributed by atoms with E-state index in [4.69, 9.17) is 12.2 Å². The molecule has 3 N–H and O–H groups in total. The summed E-state index contributed by atoms with van der Waals surface area (Å²) < 4.78 is 24.8. The molecule has 0 atom stereocenters. The number of amides is 1. The van der Waals surface area contributed by atoms with Crippen molar-refractivity contribution in [3.63, 3.8) is 0 Å². The summed E-state index contributed by atoms with van der Waals surface area (Å²) in [5, 5.41) is 3.38. The second-order valence-electron chi connectivity index (χ2n) is 6.45. The maximum absolute atomic E-state index is 12.2. The molecule has 138 valence electrons. The van der Waals surface area contributed by atoms with Gasteiger partial charge in [-0.3, -0.25) is 20.0 Å². The minimum Gasteiger partial charge on any atom is -0.361 e. The highest BCUT2D eigenvalue weighted by Gasteiger charge is 2.26. The molecule has 9 heteroatoms. The van der Waals surface area contributed by atoms with Crippen LogP contribution in [-0.4, -0.2) is 38.8 Å². The lowest BCUT2D eigenvalue weighted by Gasteiger charge is -2.16. The van der Waals surface area contributed by atoms with Crippen molar-refractivity contribution in [1.29, 1.82) is 0 Å². The molecule has 0 unspecified atom stereocenters. The fourth-order valence-corrected chi connectivity index (χ4v) is 3.67. The van der Waals surface area contributed by atoms with E-state index in [1.807, 2.05) is 0 Å². The predicted molar refractivity (Wildman–Crippen MR) is 103 cm³/mol. The average Bonchev–Trinajstić information content (AvgIpc) is 2.95. The van der Waals surface area contributed by atoms with Crippen molar-refractivity contribution in [2.45, 2.75) is 26.7 Å². The molecule has 0 bridgehead atoms. The number of fused-ring (bicyclic) bond motifs is 1. The van der Waals surface area contributed by atoms with E-state index >= 15 is 0 Å². The molecule has 25 heavy (non-hydrogen) atoms. The summed E-state index contributed by atoms with van der Waals surface area (Å²) in [6, 6.07) is 4.98. The molecule has 0 spiro atoms. The number of nitrogens with zero attached hydrogens (tertiary/aromatic N) is 1. The first-order valence-corrected chi connectivity index (χ1v) is 10.4. The van der Waals surface area contributed by atoms with Crippen LogP contribution in [0.3, 0.4) is 0 Å². The molecular weight excluding hydrogens is 360 g/mol. The van der Waals surface area contributed by atoms with Gasteiger partial charge in [0.1, 0.15) is 0 Å². The van der Waals surface area contributed by atoms with Gasteiger partial charge in [-0.25, -0.2) is 8.42 Å². The van der Waals surface area contributed by atoms with E-state index in [2.05, 4.69) is 30.0 Å². The number of thiocarbonyl (C=S) groups is 1. The number of nitrogens with one attached hydrogen (secondary N) is 3. The van der Waals surface area contributed by atoms with Crippen LogP contribution >= 0.6 is 12.2 Å². The van der Waals surface area contributed by atoms with Crippen LogP contribution in [0, 0.1) is 5.92 Å². The minimum absolute atomic E-state index is 0.325. The summed E-state index contributed by atoms with van der Waals surface area (Å²) in [7, 11) is -3.29. The Morgan fingerprint density at radius 1 is 1.32 bits per heavy atom. The van der Waals surface area contributed by atoms with Gasteiger partial charge in [0.15, 0.2) is 5.11 Å².